The van der Waals surface area contributed by atoms with E-state index in [1.807, 2.05) is 0 Å². The number of pyridine rings is 2. The third kappa shape index (κ3) is 2.80. The number of piperazine rings is 1. The van der Waals surface area contributed by atoms with Crippen molar-refractivity contribution in [2.75, 3.05) is 41.3 Å². The first-order valence-electron chi connectivity index (χ1n) is 10.3. The highest BCUT2D eigenvalue weighted by Crippen LogP contribution is 2.41. The number of carbonyl (C=O) groups excluding carboxylic acids is 1. The van der Waals surface area contributed by atoms with Crippen molar-refractivity contribution >= 4 is 28.9 Å². The Morgan fingerprint density at radius 1 is 1.23 bits per heavy atom. The molecule has 0 bridgehead atoms. The van der Waals surface area contributed by atoms with Crippen molar-refractivity contribution < 1.29 is 9.18 Å². The minimum absolute atomic E-state index is 0.232. The molecule has 1 spiro atoms. The van der Waals surface area contributed by atoms with Gasteiger partial charge in [-0.2, -0.15) is 0 Å². The third-order valence-corrected chi connectivity index (χ3v) is 6.36. The lowest BCUT2D eigenvalue weighted by atomic mass is 10.1. The van der Waals surface area contributed by atoms with E-state index in [-0.39, 0.29) is 17.2 Å². The fraction of sp³-hybridized carbons (Fsp3) is 0.381. The van der Waals surface area contributed by atoms with E-state index in [9.17, 15) is 9.18 Å². The molecule has 8 nitrogen and oxygen atoms in total. The second kappa shape index (κ2) is 6.40. The van der Waals surface area contributed by atoms with Crippen LogP contribution in [0, 0.1) is 5.82 Å². The van der Waals surface area contributed by atoms with Crippen LogP contribution in [0.4, 0.5) is 26.4 Å². The number of halogens is 1. The van der Waals surface area contributed by atoms with Gasteiger partial charge in [0.05, 0.1) is 5.69 Å². The maximum absolute atomic E-state index is 14.2. The van der Waals surface area contributed by atoms with Crippen LogP contribution in [0.3, 0.4) is 0 Å². The molecular formula is C21H22FN7O. The second-order valence-corrected chi connectivity index (χ2v) is 8.33. The molecule has 2 amide bonds. The highest BCUT2D eigenvalue weighted by Gasteiger charge is 2.46. The molecule has 5 heterocycles. The van der Waals surface area contributed by atoms with E-state index >= 15 is 0 Å². The molecule has 0 aromatic carbocycles. The van der Waals surface area contributed by atoms with Gasteiger partial charge in [0.1, 0.15) is 5.82 Å². The van der Waals surface area contributed by atoms with Crippen LogP contribution in [0.5, 0.6) is 0 Å². The SMILES string of the molecule is O=C(Nc1cc(F)c2nccn2c1)N1CCc2c(N3CCNC4(CC4)C3)ccnc21. The Hall–Kier alpha value is -3.20. The number of urea groups is 1. The number of hydrogen-bond donors (Lipinski definition) is 2. The largest absolute Gasteiger partial charge is 0.368 e. The zero-order valence-corrected chi connectivity index (χ0v) is 16.4. The van der Waals surface area contributed by atoms with Crippen LogP contribution in [0.25, 0.3) is 5.65 Å². The summed E-state index contributed by atoms with van der Waals surface area (Å²) in [5, 5.41) is 6.44. The van der Waals surface area contributed by atoms with Crippen molar-refractivity contribution in [3.8, 4) is 0 Å². The summed E-state index contributed by atoms with van der Waals surface area (Å²) in [7, 11) is 0. The highest BCUT2D eigenvalue weighted by atomic mass is 19.1. The lowest BCUT2D eigenvalue weighted by Crippen LogP contribution is -2.52. The first-order valence-corrected chi connectivity index (χ1v) is 10.3. The molecule has 3 aromatic heterocycles. The van der Waals surface area contributed by atoms with Crippen LogP contribution in [-0.4, -0.2) is 52.1 Å². The standard InChI is InChI=1S/C21H22FN7O/c22-16-11-14(12-27-9-6-24-19(16)27)26-20(30)29-8-2-15-17(1-5-23-18(15)29)28-10-7-25-21(13-28)3-4-21/h1,5-6,9,11-12,25H,2-4,7-8,10,13H2,(H,26,30). The molecule has 2 N–H and O–H groups in total. The quantitative estimate of drug-likeness (QED) is 0.682. The number of nitrogens with one attached hydrogen (secondary N) is 2. The van der Waals surface area contributed by atoms with E-state index in [1.165, 1.54) is 30.8 Å². The molecule has 2 fully saturated rings. The van der Waals surface area contributed by atoms with Crippen LogP contribution in [0.1, 0.15) is 18.4 Å². The molecule has 1 saturated heterocycles. The van der Waals surface area contributed by atoms with Gasteiger partial charge in [-0.15, -0.1) is 0 Å². The summed E-state index contributed by atoms with van der Waals surface area (Å²) in [4.78, 5) is 25.5. The number of imidazole rings is 1. The average Bonchev–Trinajstić information content (AvgIpc) is 3.16. The fourth-order valence-corrected chi connectivity index (χ4v) is 4.66. The number of rotatable bonds is 2. The van der Waals surface area contributed by atoms with Gasteiger partial charge < -0.3 is 19.9 Å². The van der Waals surface area contributed by atoms with E-state index in [0.29, 0.717) is 18.1 Å². The van der Waals surface area contributed by atoms with Gasteiger partial charge >= 0.3 is 6.03 Å². The third-order valence-electron chi connectivity index (χ3n) is 6.36. The zero-order valence-electron chi connectivity index (χ0n) is 16.4. The van der Waals surface area contributed by atoms with Gasteiger partial charge in [0, 0.05) is 73.8 Å². The van der Waals surface area contributed by atoms with Gasteiger partial charge in [-0.05, 0) is 25.3 Å². The van der Waals surface area contributed by atoms with E-state index in [0.717, 1.165) is 31.6 Å². The van der Waals surface area contributed by atoms with Gasteiger partial charge in [-0.25, -0.2) is 19.2 Å². The molecule has 9 heteroatoms. The maximum atomic E-state index is 14.2. The van der Waals surface area contributed by atoms with E-state index < -0.39 is 5.82 Å². The maximum Gasteiger partial charge on any atom is 0.327 e. The summed E-state index contributed by atoms with van der Waals surface area (Å²) in [6, 6.07) is 3.04. The Morgan fingerprint density at radius 2 is 2.13 bits per heavy atom. The van der Waals surface area contributed by atoms with Gasteiger partial charge in [-0.1, -0.05) is 0 Å². The predicted octanol–water partition coefficient (Wildman–Crippen LogP) is 2.41. The molecule has 2 aliphatic heterocycles. The molecular weight excluding hydrogens is 385 g/mol. The van der Waals surface area contributed by atoms with Gasteiger partial charge in [0.2, 0.25) is 0 Å². The Bertz CT molecular complexity index is 1160. The van der Waals surface area contributed by atoms with E-state index in [1.54, 1.807) is 27.9 Å². The van der Waals surface area contributed by atoms with Gasteiger partial charge in [0.25, 0.3) is 0 Å². The van der Waals surface area contributed by atoms with Crippen LogP contribution in [0.15, 0.2) is 36.9 Å². The van der Waals surface area contributed by atoms with Crippen molar-refractivity contribution in [2.24, 2.45) is 0 Å². The van der Waals surface area contributed by atoms with Crippen molar-refractivity contribution in [1.29, 1.82) is 0 Å². The summed E-state index contributed by atoms with van der Waals surface area (Å²) in [5.41, 5.74) is 3.18. The van der Waals surface area contributed by atoms with Crippen molar-refractivity contribution in [2.45, 2.75) is 24.8 Å². The summed E-state index contributed by atoms with van der Waals surface area (Å²) < 4.78 is 15.8. The van der Waals surface area contributed by atoms with Crippen molar-refractivity contribution in [3.05, 3.63) is 48.3 Å². The van der Waals surface area contributed by atoms with Crippen LogP contribution in [-0.2, 0) is 6.42 Å². The molecule has 0 atom stereocenters. The number of hydrogen-bond acceptors (Lipinski definition) is 5. The highest BCUT2D eigenvalue weighted by molar-refractivity contribution is 6.03. The Kier molecular flexibility index (Phi) is 3.76. The Morgan fingerprint density at radius 3 is 3.00 bits per heavy atom. The van der Waals surface area contributed by atoms with E-state index in [2.05, 4.69) is 31.6 Å². The lowest BCUT2D eigenvalue weighted by molar-refractivity contribution is 0.257. The summed E-state index contributed by atoms with van der Waals surface area (Å²) in [6.07, 6.45) is 9.81. The fourth-order valence-electron chi connectivity index (χ4n) is 4.66. The van der Waals surface area contributed by atoms with Crippen molar-refractivity contribution in [1.82, 2.24) is 19.7 Å². The molecule has 30 heavy (non-hydrogen) atoms. The van der Waals surface area contributed by atoms with Gasteiger partial charge in [0.15, 0.2) is 11.5 Å². The zero-order chi connectivity index (χ0) is 20.3. The van der Waals surface area contributed by atoms with Crippen LogP contribution >= 0.6 is 0 Å². The Labute approximate surface area is 172 Å². The molecule has 0 unspecified atom stereocenters. The number of anilines is 3. The van der Waals surface area contributed by atoms with E-state index in [4.69, 9.17) is 0 Å². The molecule has 6 rings (SSSR count). The number of aromatic nitrogens is 3. The lowest BCUT2D eigenvalue weighted by Gasteiger charge is -2.36. The van der Waals surface area contributed by atoms with Crippen LogP contribution in [0.2, 0.25) is 0 Å². The van der Waals surface area contributed by atoms with Gasteiger partial charge in [-0.3, -0.25) is 4.90 Å². The molecule has 3 aliphatic rings. The summed E-state index contributed by atoms with van der Waals surface area (Å²) in [5.74, 6) is 0.213. The summed E-state index contributed by atoms with van der Waals surface area (Å²) >= 11 is 0. The monoisotopic (exact) mass is 407 g/mol. The molecule has 154 valence electrons. The topological polar surface area (TPSA) is 77.8 Å². The molecule has 0 radical (unpaired) electrons. The normalized spacial score (nSPS) is 19.4. The minimum atomic E-state index is -0.479. The minimum Gasteiger partial charge on any atom is -0.368 e. The first-order chi connectivity index (χ1) is 14.6. The number of nitrogens with zero attached hydrogens (tertiary/aromatic N) is 5. The molecule has 1 aliphatic carbocycles. The predicted molar refractivity (Wildman–Crippen MR) is 112 cm³/mol. The smallest absolute Gasteiger partial charge is 0.327 e. The Balaban J connectivity index is 1.26. The number of fused-ring (bicyclic) bond motifs is 2. The molecule has 3 aromatic rings. The molecule has 1 saturated carbocycles. The van der Waals surface area contributed by atoms with Crippen molar-refractivity contribution in [3.63, 3.8) is 0 Å². The number of amides is 2. The van der Waals surface area contributed by atoms with Crippen LogP contribution < -0.4 is 20.4 Å². The second-order valence-electron chi connectivity index (χ2n) is 8.33. The summed E-state index contributed by atoms with van der Waals surface area (Å²) in [6.45, 7) is 3.48. The average molecular weight is 407 g/mol. The number of carbonyl (C=O) groups is 1. The first kappa shape index (κ1) is 17.6.